The minimum Gasteiger partial charge on any atom is -0.394 e. The third-order valence-corrected chi connectivity index (χ3v) is 9.67. The van der Waals surface area contributed by atoms with Crippen LogP contribution < -0.4 is 10.2 Å². The van der Waals surface area contributed by atoms with Gasteiger partial charge in [-0.15, -0.1) is 0 Å². The molecule has 3 aliphatic rings. The van der Waals surface area contributed by atoms with Gasteiger partial charge in [0.1, 0.15) is 24.1 Å². The second-order valence-corrected chi connectivity index (χ2v) is 13.1. The summed E-state index contributed by atoms with van der Waals surface area (Å²) < 4.78 is 20.8. The minimum atomic E-state index is -1.67. The Bertz CT molecular complexity index is 1280. The van der Waals surface area contributed by atoms with Crippen LogP contribution in [0.3, 0.4) is 0 Å². The van der Waals surface area contributed by atoms with Gasteiger partial charge in [0.25, 0.3) is 0 Å². The van der Waals surface area contributed by atoms with E-state index in [0.717, 1.165) is 37.9 Å². The number of likely N-dealkylation sites (tertiary alicyclic amines) is 1. The Balaban J connectivity index is 0.960. The lowest BCUT2D eigenvalue weighted by atomic mass is 9.91. The number of carbonyl (C=O) groups is 1. The van der Waals surface area contributed by atoms with E-state index < -0.39 is 36.8 Å². The molecule has 6 N–H and O–H groups in total. The summed E-state index contributed by atoms with van der Waals surface area (Å²) in [6, 6.07) is 4.89. The fourth-order valence-electron chi connectivity index (χ4n) is 6.34. The fraction of sp³-hybridized carbons (Fsp3) is 0.645. The maximum atomic E-state index is 14.8. The molecule has 1 amide bonds. The number of anilines is 1. The number of nitrogens with one attached hydrogen (secondary N) is 1. The van der Waals surface area contributed by atoms with Crippen molar-refractivity contribution >= 4 is 23.5 Å². The zero-order chi connectivity index (χ0) is 32.1. The van der Waals surface area contributed by atoms with Crippen LogP contribution >= 0.6 is 11.6 Å². The highest BCUT2D eigenvalue weighted by Crippen LogP contribution is 2.59. The highest BCUT2D eigenvalue weighted by molar-refractivity contribution is 6.30. The molecule has 2 aromatic rings. The van der Waals surface area contributed by atoms with E-state index in [-0.39, 0.29) is 24.8 Å². The van der Waals surface area contributed by atoms with Crippen LogP contribution in [0.4, 0.5) is 10.3 Å². The number of piperidine rings is 1. The lowest BCUT2D eigenvalue weighted by molar-refractivity contribution is -0.136. The first-order valence-corrected chi connectivity index (χ1v) is 15.9. The second-order valence-electron chi connectivity index (χ2n) is 12.7. The molecule has 2 saturated heterocycles. The first-order chi connectivity index (χ1) is 21.6. The number of benzene rings is 1. The number of nitrogens with zero attached hydrogens (tertiary/aromatic N) is 4. The number of aromatic nitrogens is 2. The average molecular weight is 652 g/mol. The number of aliphatic hydroxyl groups excluding tert-OH is 5. The number of rotatable bonds is 15. The Morgan fingerprint density at radius 1 is 1.11 bits per heavy atom. The van der Waals surface area contributed by atoms with Gasteiger partial charge in [0, 0.05) is 45.2 Å². The van der Waals surface area contributed by atoms with E-state index in [0.29, 0.717) is 60.7 Å². The third kappa shape index (κ3) is 8.46. The highest BCUT2D eigenvalue weighted by Gasteiger charge is 2.54. The predicted octanol–water partition coefficient (Wildman–Crippen LogP) is 0.119. The molecule has 2 aliphatic heterocycles. The molecule has 1 aliphatic carbocycles. The van der Waals surface area contributed by atoms with E-state index >= 15 is 0 Å². The Morgan fingerprint density at radius 3 is 2.47 bits per heavy atom. The second kappa shape index (κ2) is 14.9. The molecule has 1 spiro atoms. The van der Waals surface area contributed by atoms with E-state index in [1.165, 1.54) is 6.07 Å². The summed E-state index contributed by atoms with van der Waals surface area (Å²) in [6.45, 7) is 3.42. The Morgan fingerprint density at radius 2 is 1.80 bits per heavy atom. The van der Waals surface area contributed by atoms with Crippen molar-refractivity contribution in [3.63, 3.8) is 0 Å². The summed E-state index contributed by atoms with van der Waals surface area (Å²) in [4.78, 5) is 25.2. The van der Waals surface area contributed by atoms with Gasteiger partial charge in [-0.05, 0) is 47.8 Å². The van der Waals surface area contributed by atoms with Crippen LogP contribution in [0.15, 0.2) is 30.6 Å². The van der Waals surface area contributed by atoms with Gasteiger partial charge in [-0.25, -0.2) is 14.4 Å². The van der Waals surface area contributed by atoms with Crippen molar-refractivity contribution in [3.8, 4) is 0 Å². The first-order valence-electron chi connectivity index (χ1n) is 15.5. The van der Waals surface area contributed by atoms with E-state index in [1.54, 1.807) is 29.4 Å². The number of carbonyl (C=O) groups excluding carboxylic acids is 1. The van der Waals surface area contributed by atoms with Crippen molar-refractivity contribution in [1.82, 2.24) is 20.2 Å². The molecule has 3 heterocycles. The minimum absolute atomic E-state index is 0.0359. The van der Waals surface area contributed by atoms with E-state index in [2.05, 4.69) is 20.2 Å². The van der Waals surface area contributed by atoms with Crippen molar-refractivity contribution in [1.29, 1.82) is 0 Å². The third-order valence-electron chi connectivity index (χ3n) is 9.48. The van der Waals surface area contributed by atoms with Crippen LogP contribution in [0.1, 0.15) is 30.4 Å². The van der Waals surface area contributed by atoms with Gasteiger partial charge in [-0.2, -0.15) is 0 Å². The van der Waals surface area contributed by atoms with Crippen LogP contribution in [0.2, 0.25) is 5.02 Å². The standard InChI is InChI=1S/C31H43ClFN5O7/c32-23-11-35-30(36-12-23)37-5-3-31(4-6-37)9-22(31)18-45-17-19-1-2-21(24(33)7-19)8-27(42)38-14-20(15-38)10-34-13-25(40)28(43)29(44)26(41)16-39/h1-2,7,11-12,20,22,25-26,28-29,34,39-41,43-44H,3-6,8-10,13-18H2/t22?,25-,26+,28+,29+/m0/s1. The van der Waals surface area contributed by atoms with E-state index in [4.69, 9.17) is 21.4 Å². The fourth-order valence-corrected chi connectivity index (χ4v) is 6.44. The van der Waals surface area contributed by atoms with Crippen molar-refractivity contribution in [2.24, 2.45) is 17.3 Å². The number of amides is 1. The van der Waals surface area contributed by atoms with Gasteiger partial charge >= 0.3 is 0 Å². The highest BCUT2D eigenvalue weighted by atomic mass is 35.5. The van der Waals surface area contributed by atoms with Crippen LogP contribution in [0.25, 0.3) is 0 Å². The van der Waals surface area contributed by atoms with E-state index in [1.807, 2.05) is 0 Å². The monoisotopic (exact) mass is 651 g/mol. The molecule has 45 heavy (non-hydrogen) atoms. The van der Waals surface area contributed by atoms with E-state index in [9.17, 15) is 29.6 Å². The SMILES string of the molecule is O=C(Cc1ccc(COCC2CC23CCN(c2ncc(Cl)cn2)CC3)cc1F)N1CC(CNC[C@H](O)[C@@H](O)[C@H](O)[C@H](O)CO)C1. The molecule has 5 atom stereocenters. The van der Waals surface area contributed by atoms with Gasteiger partial charge in [0.05, 0.1) is 49.8 Å². The van der Waals surface area contributed by atoms with Gasteiger partial charge < -0.3 is 45.4 Å². The molecule has 0 radical (unpaired) electrons. The molecular formula is C31H43ClFN5O7. The Kier molecular flexibility index (Phi) is 11.2. The Hall–Kier alpha value is -2.49. The maximum Gasteiger partial charge on any atom is 0.227 e. The molecule has 248 valence electrons. The number of hydrogen-bond donors (Lipinski definition) is 6. The molecule has 1 unspecified atom stereocenters. The molecule has 1 aromatic heterocycles. The number of halogens is 2. The molecule has 0 bridgehead atoms. The normalized spacial score (nSPS) is 22.2. The molecule has 12 nitrogen and oxygen atoms in total. The number of aliphatic hydroxyl groups is 5. The lowest BCUT2D eigenvalue weighted by Gasteiger charge is -2.39. The number of ether oxygens (including phenoxy) is 1. The molecular weight excluding hydrogens is 609 g/mol. The molecule has 1 aromatic carbocycles. The topological polar surface area (TPSA) is 172 Å². The van der Waals surface area contributed by atoms with Crippen molar-refractivity contribution < 1.29 is 39.5 Å². The predicted molar refractivity (Wildman–Crippen MR) is 163 cm³/mol. The van der Waals surface area contributed by atoms with Crippen molar-refractivity contribution in [2.45, 2.75) is 56.7 Å². The zero-order valence-corrected chi connectivity index (χ0v) is 25.9. The number of hydrogen-bond acceptors (Lipinski definition) is 11. The van der Waals surface area contributed by atoms with Crippen LogP contribution in [0, 0.1) is 23.1 Å². The van der Waals surface area contributed by atoms with Gasteiger partial charge in [-0.1, -0.05) is 23.7 Å². The van der Waals surface area contributed by atoms with Crippen molar-refractivity contribution in [2.75, 3.05) is 57.4 Å². The van der Waals surface area contributed by atoms with Crippen LogP contribution in [0.5, 0.6) is 0 Å². The van der Waals surface area contributed by atoms with Crippen LogP contribution in [-0.2, 0) is 22.6 Å². The van der Waals surface area contributed by atoms with Gasteiger partial charge in [0.2, 0.25) is 11.9 Å². The summed E-state index contributed by atoms with van der Waals surface area (Å²) in [5.41, 5.74) is 1.38. The molecule has 3 fully saturated rings. The zero-order valence-electron chi connectivity index (χ0n) is 25.1. The lowest BCUT2D eigenvalue weighted by Crippen LogP contribution is -2.55. The largest absolute Gasteiger partial charge is 0.394 e. The summed E-state index contributed by atoms with van der Waals surface area (Å²) >= 11 is 5.90. The summed E-state index contributed by atoms with van der Waals surface area (Å²) in [5.74, 6) is 0.746. The first kappa shape index (κ1) is 33.9. The van der Waals surface area contributed by atoms with Gasteiger partial charge in [-0.3, -0.25) is 4.79 Å². The van der Waals surface area contributed by atoms with Crippen LogP contribution in [-0.4, -0.2) is 123 Å². The summed E-state index contributed by atoms with van der Waals surface area (Å²) in [5, 5.41) is 51.3. The molecule has 14 heteroatoms. The summed E-state index contributed by atoms with van der Waals surface area (Å²) in [6.07, 6.45) is 0.274. The van der Waals surface area contributed by atoms with Crippen molar-refractivity contribution in [3.05, 3.63) is 52.6 Å². The molecule has 1 saturated carbocycles. The Labute approximate surface area is 266 Å². The molecule has 5 rings (SSSR count). The maximum absolute atomic E-state index is 14.8. The quantitative estimate of drug-likeness (QED) is 0.155. The van der Waals surface area contributed by atoms with Gasteiger partial charge in [0.15, 0.2) is 0 Å². The smallest absolute Gasteiger partial charge is 0.227 e. The summed E-state index contributed by atoms with van der Waals surface area (Å²) in [7, 11) is 0. The average Bonchev–Trinajstić information content (AvgIpc) is 3.69.